The van der Waals surface area contributed by atoms with Crippen LogP contribution in [0.2, 0.25) is 0 Å². The summed E-state index contributed by atoms with van der Waals surface area (Å²) in [6.45, 7) is 8.08. The van der Waals surface area contributed by atoms with Gasteiger partial charge in [0.2, 0.25) is 0 Å². The molecule has 0 amide bonds. The normalized spacial score (nSPS) is 23.8. The average Bonchev–Trinajstić information content (AvgIpc) is 2.45. The van der Waals surface area contributed by atoms with Gasteiger partial charge in [0.25, 0.3) is 0 Å². The maximum atomic E-state index is 12.7. The van der Waals surface area contributed by atoms with Gasteiger partial charge in [0.1, 0.15) is 5.60 Å². The molecule has 0 spiro atoms. The Morgan fingerprint density at radius 1 is 1.12 bits per heavy atom. The molecule has 0 radical (unpaired) electrons. The van der Waals surface area contributed by atoms with Crippen molar-refractivity contribution < 1.29 is 18.3 Å². The summed E-state index contributed by atoms with van der Waals surface area (Å²) in [5.41, 5.74) is -0.199. The third-order valence-corrected chi connectivity index (χ3v) is 5.00. The van der Waals surface area contributed by atoms with Gasteiger partial charge in [-0.2, -0.15) is 13.2 Å². The van der Waals surface area contributed by atoms with E-state index >= 15 is 0 Å². The molecule has 1 N–H and O–H groups in total. The van der Waals surface area contributed by atoms with Gasteiger partial charge in [-0.15, -0.1) is 0 Å². The van der Waals surface area contributed by atoms with Gasteiger partial charge >= 0.3 is 6.18 Å². The summed E-state index contributed by atoms with van der Waals surface area (Å²) in [6.07, 6.45) is 3.66. The summed E-state index contributed by atoms with van der Waals surface area (Å²) < 4.78 is 38.0. The number of hydrogen-bond donors (Lipinski definition) is 1. The number of aliphatic hydroxyl groups is 1. The first-order chi connectivity index (χ1) is 10.9. The van der Waals surface area contributed by atoms with Crippen LogP contribution in [0.5, 0.6) is 0 Å². The fraction of sp³-hybridized carbons (Fsp3) is 0.500. The number of halogens is 3. The van der Waals surface area contributed by atoms with Crippen LogP contribution in [-0.4, -0.2) is 5.11 Å². The van der Waals surface area contributed by atoms with E-state index in [-0.39, 0.29) is 11.3 Å². The Labute approximate surface area is 141 Å². The van der Waals surface area contributed by atoms with E-state index in [2.05, 4.69) is 26.8 Å². The van der Waals surface area contributed by atoms with Gasteiger partial charge in [-0.25, -0.2) is 0 Å². The van der Waals surface area contributed by atoms with Crippen LogP contribution in [-0.2, 0) is 11.8 Å². The summed E-state index contributed by atoms with van der Waals surface area (Å²) in [7, 11) is 0. The van der Waals surface area contributed by atoms with Crippen LogP contribution < -0.4 is 0 Å². The highest BCUT2D eigenvalue weighted by molar-refractivity contribution is 5.32. The Morgan fingerprint density at radius 3 is 2.17 bits per heavy atom. The van der Waals surface area contributed by atoms with Crippen molar-refractivity contribution in [3.63, 3.8) is 0 Å². The first-order valence-electron chi connectivity index (χ1n) is 8.20. The van der Waals surface area contributed by atoms with Crippen molar-refractivity contribution in [3.05, 3.63) is 59.2 Å². The topological polar surface area (TPSA) is 20.2 Å². The SMILES string of the molecule is CC1=CCCC(C)(C)C1/C=C/C(C)(O)c1ccc(C(F)(F)F)cc1. The monoisotopic (exact) mass is 338 g/mol. The van der Waals surface area contributed by atoms with Gasteiger partial charge in [-0.05, 0) is 49.8 Å². The van der Waals surface area contributed by atoms with Crippen LogP contribution in [0.15, 0.2) is 48.1 Å². The van der Waals surface area contributed by atoms with Crippen molar-refractivity contribution >= 4 is 0 Å². The maximum Gasteiger partial charge on any atom is 0.416 e. The molecule has 1 aromatic rings. The molecule has 1 nitrogen and oxygen atoms in total. The summed E-state index contributed by atoms with van der Waals surface area (Å²) in [4.78, 5) is 0. The summed E-state index contributed by atoms with van der Waals surface area (Å²) in [6, 6.07) is 4.68. The van der Waals surface area contributed by atoms with Gasteiger partial charge < -0.3 is 5.11 Å². The lowest BCUT2D eigenvalue weighted by Crippen LogP contribution is -2.27. The number of hydrogen-bond acceptors (Lipinski definition) is 1. The number of benzene rings is 1. The van der Waals surface area contributed by atoms with Crippen LogP contribution in [0.1, 0.15) is 51.7 Å². The third kappa shape index (κ3) is 4.10. The number of allylic oxidation sites excluding steroid dienone is 3. The molecule has 2 atom stereocenters. The molecule has 0 aromatic heterocycles. The van der Waals surface area contributed by atoms with E-state index in [0.717, 1.165) is 25.0 Å². The lowest BCUT2D eigenvalue weighted by Gasteiger charge is -2.37. The molecular formula is C20H25F3O. The standard InChI is InChI=1S/C20H25F3O/c1-14-6-5-12-18(2,3)17(14)11-13-19(4,24)15-7-9-16(10-8-15)20(21,22)23/h6-11,13,17,24H,5,12H2,1-4H3/b13-11+. The second kappa shape index (κ2) is 6.40. The van der Waals surface area contributed by atoms with E-state index in [4.69, 9.17) is 0 Å². The predicted octanol–water partition coefficient (Wildman–Crippen LogP) is 5.85. The van der Waals surface area contributed by atoms with Crippen molar-refractivity contribution in [2.45, 2.75) is 52.3 Å². The summed E-state index contributed by atoms with van der Waals surface area (Å²) >= 11 is 0. The Morgan fingerprint density at radius 2 is 1.67 bits per heavy atom. The van der Waals surface area contributed by atoms with E-state index in [1.165, 1.54) is 17.7 Å². The van der Waals surface area contributed by atoms with Crippen molar-refractivity contribution in [2.24, 2.45) is 11.3 Å². The first-order valence-corrected chi connectivity index (χ1v) is 8.20. The smallest absolute Gasteiger partial charge is 0.381 e. The quantitative estimate of drug-likeness (QED) is 0.685. The minimum Gasteiger partial charge on any atom is -0.381 e. The molecule has 0 heterocycles. The molecule has 0 bridgehead atoms. The fourth-order valence-electron chi connectivity index (χ4n) is 3.36. The maximum absolute atomic E-state index is 12.7. The largest absolute Gasteiger partial charge is 0.416 e. The Balaban J connectivity index is 2.24. The Bertz CT molecular complexity index is 634. The Kier molecular flexibility index (Phi) is 5.01. The highest BCUT2D eigenvalue weighted by Crippen LogP contribution is 2.42. The van der Waals surface area contributed by atoms with Gasteiger partial charge in [0.15, 0.2) is 0 Å². The second-order valence-corrected chi connectivity index (χ2v) is 7.53. The molecule has 0 saturated heterocycles. The molecule has 132 valence electrons. The van der Waals surface area contributed by atoms with E-state index < -0.39 is 17.3 Å². The summed E-state index contributed by atoms with van der Waals surface area (Å²) in [5.74, 6) is 0.215. The van der Waals surface area contributed by atoms with E-state index in [0.29, 0.717) is 5.56 Å². The highest BCUT2D eigenvalue weighted by atomic mass is 19.4. The lowest BCUT2D eigenvalue weighted by atomic mass is 9.68. The van der Waals surface area contributed by atoms with E-state index in [9.17, 15) is 18.3 Å². The van der Waals surface area contributed by atoms with Gasteiger partial charge in [-0.1, -0.05) is 49.8 Å². The van der Waals surface area contributed by atoms with Crippen molar-refractivity contribution in [1.82, 2.24) is 0 Å². The fourth-order valence-corrected chi connectivity index (χ4v) is 3.36. The van der Waals surface area contributed by atoms with E-state index in [1.54, 1.807) is 13.0 Å². The van der Waals surface area contributed by atoms with E-state index in [1.807, 2.05) is 6.08 Å². The molecule has 2 unspecified atom stereocenters. The third-order valence-electron chi connectivity index (χ3n) is 5.00. The van der Waals surface area contributed by atoms with Gasteiger partial charge in [0.05, 0.1) is 5.56 Å². The second-order valence-electron chi connectivity index (χ2n) is 7.53. The molecule has 24 heavy (non-hydrogen) atoms. The zero-order valence-electron chi connectivity index (χ0n) is 14.6. The molecule has 1 aromatic carbocycles. The molecule has 1 aliphatic rings. The van der Waals surface area contributed by atoms with Gasteiger partial charge in [0, 0.05) is 5.92 Å². The minimum atomic E-state index is -4.37. The highest BCUT2D eigenvalue weighted by Gasteiger charge is 2.33. The molecular weight excluding hydrogens is 313 g/mol. The van der Waals surface area contributed by atoms with Crippen molar-refractivity contribution in [3.8, 4) is 0 Å². The van der Waals surface area contributed by atoms with Crippen LogP contribution >= 0.6 is 0 Å². The number of alkyl halides is 3. The number of rotatable bonds is 3. The molecule has 0 fully saturated rings. The summed E-state index contributed by atoms with van der Waals surface area (Å²) in [5, 5.41) is 10.7. The van der Waals surface area contributed by atoms with Crippen LogP contribution in [0.25, 0.3) is 0 Å². The molecule has 1 aliphatic carbocycles. The molecule has 0 saturated carbocycles. The molecule has 2 rings (SSSR count). The van der Waals surface area contributed by atoms with Gasteiger partial charge in [-0.3, -0.25) is 0 Å². The minimum absolute atomic E-state index is 0.103. The van der Waals surface area contributed by atoms with Crippen molar-refractivity contribution in [1.29, 1.82) is 0 Å². The molecule has 0 aliphatic heterocycles. The van der Waals surface area contributed by atoms with Crippen molar-refractivity contribution in [2.75, 3.05) is 0 Å². The average molecular weight is 338 g/mol. The lowest BCUT2D eigenvalue weighted by molar-refractivity contribution is -0.137. The predicted molar refractivity (Wildman–Crippen MR) is 90.4 cm³/mol. The van der Waals surface area contributed by atoms with Crippen LogP contribution in [0, 0.1) is 11.3 Å². The zero-order valence-corrected chi connectivity index (χ0v) is 14.6. The van der Waals surface area contributed by atoms with Crippen LogP contribution in [0.3, 0.4) is 0 Å². The molecule has 4 heteroatoms. The zero-order chi connectivity index (χ0) is 18.2. The van der Waals surface area contributed by atoms with Crippen LogP contribution in [0.4, 0.5) is 13.2 Å². The first kappa shape index (κ1) is 18.8. The Hall–Kier alpha value is -1.55.